The molecule has 22 heavy (non-hydrogen) atoms. The highest BCUT2D eigenvalue weighted by Crippen LogP contribution is 2.33. The normalized spacial score (nSPS) is 10.0. The minimum Gasteiger partial charge on any atom is -0.312 e. The molecule has 0 aliphatic rings. The van der Waals surface area contributed by atoms with Gasteiger partial charge in [-0.3, -0.25) is 14.9 Å². The van der Waals surface area contributed by atoms with Crippen LogP contribution in [0.3, 0.4) is 0 Å². The Bertz CT molecular complexity index is 790. The zero-order valence-corrected chi connectivity index (χ0v) is 12.9. The summed E-state index contributed by atoms with van der Waals surface area (Å²) in [6, 6.07) is 7.59. The lowest BCUT2D eigenvalue weighted by atomic mass is 10.1. The number of nitrogens with one attached hydrogen (secondary N) is 1. The molecule has 2 rings (SSSR count). The van der Waals surface area contributed by atoms with Gasteiger partial charge in [-0.15, -0.1) is 11.3 Å². The molecule has 0 unspecified atom stereocenters. The summed E-state index contributed by atoms with van der Waals surface area (Å²) in [5.74, 6) is -0.468. The Morgan fingerprint density at radius 3 is 2.82 bits per heavy atom. The molecule has 0 aliphatic heterocycles. The zero-order valence-electron chi connectivity index (χ0n) is 12.0. The average Bonchev–Trinajstić information content (AvgIpc) is 2.81. The van der Waals surface area contributed by atoms with Crippen LogP contribution in [0.25, 0.3) is 0 Å². The molecule has 0 radical (unpaired) electrons. The van der Waals surface area contributed by atoms with Gasteiger partial charge in [0.1, 0.15) is 11.1 Å². The van der Waals surface area contributed by atoms with Gasteiger partial charge in [-0.1, -0.05) is 13.0 Å². The number of hydrogen-bond donors (Lipinski definition) is 1. The van der Waals surface area contributed by atoms with Crippen molar-refractivity contribution >= 4 is 27.9 Å². The topological polar surface area (TPSA) is 96.0 Å². The number of nitrogens with zero attached hydrogens (tertiary/aromatic N) is 2. The molecule has 0 atom stereocenters. The van der Waals surface area contributed by atoms with Crippen LogP contribution in [0.5, 0.6) is 0 Å². The van der Waals surface area contributed by atoms with Gasteiger partial charge in [0.15, 0.2) is 0 Å². The van der Waals surface area contributed by atoms with E-state index in [1.165, 1.54) is 35.6 Å². The molecule has 1 aromatic carbocycles. The molecule has 0 bridgehead atoms. The summed E-state index contributed by atoms with van der Waals surface area (Å²) in [6.45, 7) is 3.84. The Kier molecular flexibility index (Phi) is 4.53. The van der Waals surface area contributed by atoms with Crippen LogP contribution in [0.1, 0.15) is 33.3 Å². The van der Waals surface area contributed by atoms with Crippen molar-refractivity contribution in [3.05, 3.63) is 55.9 Å². The molecule has 0 aliphatic carbocycles. The van der Waals surface area contributed by atoms with Gasteiger partial charge < -0.3 is 5.32 Å². The van der Waals surface area contributed by atoms with Gasteiger partial charge in [-0.2, -0.15) is 5.26 Å². The maximum Gasteiger partial charge on any atom is 0.270 e. The molecule has 1 amide bonds. The number of hydrogen-bond acceptors (Lipinski definition) is 5. The van der Waals surface area contributed by atoms with Crippen LogP contribution in [-0.4, -0.2) is 10.8 Å². The highest BCUT2D eigenvalue weighted by molar-refractivity contribution is 7.16. The molecular weight excluding hydrogens is 302 g/mol. The first-order chi connectivity index (χ1) is 10.5. The first-order valence-corrected chi connectivity index (χ1v) is 7.37. The van der Waals surface area contributed by atoms with Crippen LogP contribution in [0.4, 0.5) is 10.7 Å². The number of thiophene rings is 1. The minimum atomic E-state index is -0.554. The Hall–Kier alpha value is -2.72. The van der Waals surface area contributed by atoms with Gasteiger partial charge in [0.05, 0.1) is 10.5 Å². The van der Waals surface area contributed by atoms with Crippen molar-refractivity contribution in [2.45, 2.75) is 20.3 Å². The maximum atomic E-state index is 12.2. The predicted molar refractivity (Wildman–Crippen MR) is 84.2 cm³/mol. The smallest absolute Gasteiger partial charge is 0.270 e. The third kappa shape index (κ3) is 2.97. The Balaban J connectivity index is 2.32. The molecule has 1 N–H and O–H groups in total. The number of carbonyl (C=O) groups excluding carboxylic acids is 1. The first-order valence-electron chi connectivity index (χ1n) is 6.56. The van der Waals surface area contributed by atoms with E-state index in [2.05, 4.69) is 11.4 Å². The van der Waals surface area contributed by atoms with Gasteiger partial charge >= 0.3 is 0 Å². The monoisotopic (exact) mass is 315 g/mol. The summed E-state index contributed by atoms with van der Waals surface area (Å²) in [6.07, 6.45) is 0.706. The molecule has 1 heterocycles. The van der Waals surface area contributed by atoms with Crippen molar-refractivity contribution in [1.29, 1.82) is 5.26 Å². The summed E-state index contributed by atoms with van der Waals surface area (Å²) >= 11 is 1.34. The van der Waals surface area contributed by atoms with E-state index in [0.717, 1.165) is 10.4 Å². The fourth-order valence-electron chi connectivity index (χ4n) is 2.15. The van der Waals surface area contributed by atoms with E-state index < -0.39 is 10.8 Å². The van der Waals surface area contributed by atoms with Crippen LogP contribution in [0.2, 0.25) is 0 Å². The van der Waals surface area contributed by atoms with Crippen molar-refractivity contribution in [3.63, 3.8) is 0 Å². The third-order valence-corrected chi connectivity index (χ3v) is 4.28. The second-order valence-corrected chi connectivity index (χ2v) is 5.79. The van der Waals surface area contributed by atoms with Crippen LogP contribution < -0.4 is 5.32 Å². The summed E-state index contributed by atoms with van der Waals surface area (Å²) in [7, 11) is 0. The maximum absolute atomic E-state index is 12.2. The first kappa shape index (κ1) is 15.7. The second-order valence-electron chi connectivity index (χ2n) is 4.57. The molecular formula is C15H13N3O3S. The fraction of sp³-hybridized carbons (Fsp3) is 0.200. The molecule has 0 spiro atoms. The van der Waals surface area contributed by atoms with Crippen LogP contribution in [0.15, 0.2) is 24.3 Å². The highest BCUT2D eigenvalue weighted by atomic mass is 32.1. The lowest BCUT2D eigenvalue weighted by molar-refractivity contribution is -0.384. The van der Waals surface area contributed by atoms with Crippen molar-refractivity contribution in [3.8, 4) is 6.07 Å². The number of anilines is 1. The SMILES string of the molecule is CCc1c(C)sc(NC(=O)c2cccc([N+](=O)[O-])c2)c1C#N. The number of non-ortho nitro benzene ring substituents is 1. The van der Waals surface area contributed by atoms with Crippen molar-refractivity contribution in [2.24, 2.45) is 0 Å². The Morgan fingerprint density at radius 1 is 1.50 bits per heavy atom. The van der Waals surface area contributed by atoms with E-state index in [9.17, 15) is 20.2 Å². The zero-order chi connectivity index (χ0) is 16.3. The molecule has 0 fully saturated rings. The minimum absolute atomic E-state index is 0.148. The van der Waals surface area contributed by atoms with E-state index in [1.54, 1.807) is 0 Å². The molecule has 1 aromatic heterocycles. The number of rotatable bonds is 4. The van der Waals surface area contributed by atoms with Crippen molar-refractivity contribution < 1.29 is 9.72 Å². The lowest BCUT2D eigenvalue weighted by Gasteiger charge is -2.03. The number of carbonyl (C=O) groups is 1. The van der Waals surface area contributed by atoms with Gasteiger partial charge in [0, 0.05) is 22.6 Å². The Labute approximate surface area is 131 Å². The molecule has 2 aromatic rings. The number of nitro benzene ring substituents is 1. The number of nitro groups is 1. The van der Waals surface area contributed by atoms with E-state index in [4.69, 9.17) is 0 Å². The van der Waals surface area contributed by atoms with Crippen LogP contribution in [-0.2, 0) is 6.42 Å². The molecule has 0 saturated heterocycles. The highest BCUT2D eigenvalue weighted by Gasteiger charge is 2.18. The predicted octanol–water partition coefficient (Wildman–Crippen LogP) is 3.65. The summed E-state index contributed by atoms with van der Waals surface area (Å²) in [5.41, 5.74) is 1.41. The molecule has 7 heteroatoms. The van der Waals surface area contributed by atoms with Crippen LogP contribution in [0, 0.1) is 28.4 Å². The van der Waals surface area contributed by atoms with E-state index in [-0.39, 0.29) is 11.3 Å². The average molecular weight is 315 g/mol. The standard InChI is InChI=1S/C15H13N3O3S/c1-3-12-9(2)22-15(13(12)8-16)17-14(19)10-5-4-6-11(7-10)18(20)21/h4-7H,3H2,1-2H3,(H,17,19). The second kappa shape index (κ2) is 6.37. The van der Waals surface area contributed by atoms with E-state index in [0.29, 0.717) is 17.0 Å². The molecule has 6 nitrogen and oxygen atoms in total. The Morgan fingerprint density at radius 2 is 2.23 bits per heavy atom. The van der Waals surface area contributed by atoms with Gasteiger partial charge in [0.2, 0.25) is 0 Å². The van der Waals surface area contributed by atoms with Gasteiger partial charge in [0.25, 0.3) is 11.6 Å². The van der Waals surface area contributed by atoms with Crippen molar-refractivity contribution in [1.82, 2.24) is 0 Å². The molecule has 112 valence electrons. The fourth-order valence-corrected chi connectivity index (χ4v) is 3.24. The summed E-state index contributed by atoms with van der Waals surface area (Å²) in [4.78, 5) is 23.4. The summed E-state index contributed by atoms with van der Waals surface area (Å²) in [5, 5.41) is 23.2. The van der Waals surface area contributed by atoms with E-state index in [1.807, 2.05) is 13.8 Å². The quantitative estimate of drug-likeness (QED) is 0.688. The lowest BCUT2D eigenvalue weighted by Crippen LogP contribution is -2.12. The number of amides is 1. The van der Waals surface area contributed by atoms with E-state index >= 15 is 0 Å². The summed E-state index contributed by atoms with van der Waals surface area (Å²) < 4.78 is 0. The van der Waals surface area contributed by atoms with Gasteiger partial charge in [-0.05, 0) is 25.0 Å². The largest absolute Gasteiger partial charge is 0.312 e. The van der Waals surface area contributed by atoms with Gasteiger partial charge in [-0.25, -0.2) is 0 Å². The number of nitriles is 1. The number of aryl methyl sites for hydroxylation is 1. The third-order valence-electron chi connectivity index (χ3n) is 3.22. The van der Waals surface area contributed by atoms with Crippen molar-refractivity contribution in [2.75, 3.05) is 5.32 Å². The van der Waals surface area contributed by atoms with Crippen LogP contribution >= 0.6 is 11.3 Å². The number of benzene rings is 1. The molecule has 0 saturated carbocycles.